The second-order valence-corrected chi connectivity index (χ2v) is 4.14. The van der Waals surface area contributed by atoms with E-state index >= 15 is 0 Å². The number of anilines is 1. The summed E-state index contributed by atoms with van der Waals surface area (Å²) in [5.74, 6) is 5.23. The number of nitrogens with one attached hydrogen (secondary N) is 1. The molecule has 2 N–H and O–H groups in total. The zero-order valence-electron chi connectivity index (χ0n) is 11.3. The van der Waals surface area contributed by atoms with E-state index in [1.165, 1.54) is 0 Å². The van der Waals surface area contributed by atoms with Crippen LogP contribution in [0.15, 0.2) is 42.6 Å². The van der Waals surface area contributed by atoms with Crippen LogP contribution in [0.25, 0.3) is 0 Å². The van der Waals surface area contributed by atoms with E-state index in [4.69, 9.17) is 5.11 Å². The third-order valence-corrected chi connectivity index (χ3v) is 2.88. The van der Waals surface area contributed by atoms with Gasteiger partial charge >= 0.3 is 0 Å². The number of hydrogen-bond acceptors (Lipinski definition) is 2. The molecule has 1 aromatic heterocycles. The van der Waals surface area contributed by atoms with E-state index in [0.29, 0.717) is 16.9 Å². The Labute approximate surface area is 118 Å². The van der Waals surface area contributed by atoms with E-state index < -0.39 is 0 Å². The average Bonchev–Trinajstić information content (AvgIpc) is 2.95. The molecule has 0 unspecified atom stereocenters. The average molecular weight is 268 g/mol. The van der Waals surface area contributed by atoms with Gasteiger partial charge in [0.05, 0.1) is 5.69 Å². The van der Waals surface area contributed by atoms with Crippen molar-refractivity contribution < 1.29 is 9.90 Å². The Hall–Kier alpha value is -2.51. The van der Waals surface area contributed by atoms with E-state index in [-0.39, 0.29) is 12.5 Å². The van der Waals surface area contributed by atoms with Crippen molar-refractivity contribution >= 4 is 11.6 Å². The molecule has 0 fully saturated rings. The first-order chi connectivity index (χ1) is 9.76. The number of carbonyl (C=O) groups is 1. The van der Waals surface area contributed by atoms with Gasteiger partial charge in [-0.25, -0.2) is 0 Å². The second kappa shape index (κ2) is 6.60. The number of aliphatic hydroxyl groups excluding tert-OH is 1. The summed E-state index contributed by atoms with van der Waals surface area (Å²) < 4.78 is 1.87. The summed E-state index contributed by atoms with van der Waals surface area (Å²) in [6.07, 6.45) is 1.87. The maximum absolute atomic E-state index is 12.3. The van der Waals surface area contributed by atoms with E-state index in [1.54, 1.807) is 18.2 Å². The Morgan fingerprint density at radius 3 is 2.85 bits per heavy atom. The first kappa shape index (κ1) is 13.9. The highest BCUT2D eigenvalue weighted by molar-refractivity contribution is 6.03. The number of benzene rings is 1. The van der Waals surface area contributed by atoms with Crippen molar-refractivity contribution in [2.45, 2.75) is 13.5 Å². The molecule has 4 heteroatoms. The monoisotopic (exact) mass is 268 g/mol. The number of aryl methyl sites for hydroxylation is 1. The number of amides is 1. The molecule has 0 aliphatic rings. The van der Waals surface area contributed by atoms with Gasteiger partial charge in [0.15, 0.2) is 0 Å². The molecule has 1 aromatic carbocycles. The number of carbonyl (C=O) groups excluding carboxylic acids is 1. The molecule has 0 spiro atoms. The van der Waals surface area contributed by atoms with Crippen molar-refractivity contribution in [1.29, 1.82) is 0 Å². The predicted molar refractivity (Wildman–Crippen MR) is 78.5 cm³/mol. The highest BCUT2D eigenvalue weighted by atomic mass is 16.2. The van der Waals surface area contributed by atoms with Gasteiger partial charge in [-0.15, -0.1) is 0 Å². The third kappa shape index (κ3) is 3.08. The minimum absolute atomic E-state index is 0.171. The second-order valence-electron chi connectivity index (χ2n) is 4.14. The molecule has 1 heterocycles. The van der Waals surface area contributed by atoms with Crippen molar-refractivity contribution in [3.05, 3.63) is 53.9 Å². The van der Waals surface area contributed by atoms with Crippen LogP contribution in [-0.4, -0.2) is 22.2 Å². The topological polar surface area (TPSA) is 54.3 Å². The van der Waals surface area contributed by atoms with Gasteiger partial charge in [-0.3, -0.25) is 4.79 Å². The summed E-state index contributed by atoms with van der Waals surface area (Å²) >= 11 is 0. The lowest BCUT2D eigenvalue weighted by molar-refractivity contribution is 0.101. The highest BCUT2D eigenvalue weighted by Crippen LogP contribution is 2.15. The summed E-state index contributed by atoms with van der Waals surface area (Å²) in [6, 6.07) is 10.9. The molecule has 0 saturated heterocycles. The van der Waals surface area contributed by atoms with Crippen molar-refractivity contribution in [2.24, 2.45) is 0 Å². The van der Waals surface area contributed by atoms with Gasteiger partial charge in [0, 0.05) is 18.3 Å². The smallest absolute Gasteiger partial charge is 0.272 e. The van der Waals surface area contributed by atoms with Gasteiger partial charge in [-0.05, 0) is 31.2 Å². The minimum Gasteiger partial charge on any atom is -0.384 e. The normalized spacial score (nSPS) is 9.70. The van der Waals surface area contributed by atoms with E-state index in [2.05, 4.69) is 17.2 Å². The minimum atomic E-state index is -0.207. The molecular formula is C16H16N2O2. The Kier molecular flexibility index (Phi) is 4.59. The fourth-order valence-electron chi connectivity index (χ4n) is 1.92. The van der Waals surface area contributed by atoms with Crippen LogP contribution < -0.4 is 5.32 Å². The summed E-state index contributed by atoms with van der Waals surface area (Å²) in [5, 5.41) is 11.6. The molecule has 4 nitrogen and oxygen atoms in total. The third-order valence-electron chi connectivity index (χ3n) is 2.88. The summed E-state index contributed by atoms with van der Waals surface area (Å²) in [7, 11) is 0. The molecule has 20 heavy (non-hydrogen) atoms. The van der Waals surface area contributed by atoms with Crippen molar-refractivity contribution in [2.75, 3.05) is 11.9 Å². The Bertz CT molecular complexity index is 662. The quantitative estimate of drug-likeness (QED) is 0.838. The van der Waals surface area contributed by atoms with Crippen molar-refractivity contribution in [3.8, 4) is 11.8 Å². The first-order valence-electron chi connectivity index (χ1n) is 6.41. The van der Waals surface area contributed by atoms with Gasteiger partial charge < -0.3 is 15.0 Å². The lowest BCUT2D eigenvalue weighted by atomic mass is 10.2. The number of nitrogens with zero attached hydrogens (tertiary/aromatic N) is 1. The van der Waals surface area contributed by atoms with Crippen molar-refractivity contribution in [1.82, 2.24) is 4.57 Å². The van der Waals surface area contributed by atoms with Crippen LogP contribution in [-0.2, 0) is 6.54 Å². The predicted octanol–water partition coefficient (Wildman–Crippen LogP) is 2.10. The molecule has 0 saturated carbocycles. The fraction of sp³-hybridized carbons (Fsp3) is 0.188. The van der Waals surface area contributed by atoms with Crippen LogP contribution >= 0.6 is 0 Å². The molecule has 102 valence electrons. The molecule has 1 amide bonds. The molecule has 0 radical (unpaired) electrons. The van der Waals surface area contributed by atoms with Gasteiger partial charge in [0.1, 0.15) is 12.3 Å². The largest absolute Gasteiger partial charge is 0.384 e. The molecule has 2 rings (SSSR count). The van der Waals surface area contributed by atoms with E-state index in [0.717, 1.165) is 6.54 Å². The standard InChI is InChI=1S/C16H16N2O2/c1-2-18-11-5-10-15(18)16(20)17-14-9-4-3-7-13(14)8-6-12-19/h3-5,7,9-11,19H,2,12H2,1H3,(H,17,20). The number of aliphatic hydroxyl groups is 1. The molecular weight excluding hydrogens is 252 g/mol. The fourth-order valence-corrected chi connectivity index (χ4v) is 1.92. The maximum atomic E-state index is 12.3. The summed E-state index contributed by atoms with van der Waals surface area (Å²) in [5.41, 5.74) is 1.93. The van der Waals surface area contributed by atoms with Gasteiger partial charge in [-0.2, -0.15) is 0 Å². The lowest BCUT2D eigenvalue weighted by Crippen LogP contribution is -2.17. The molecule has 0 bridgehead atoms. The zero-order valence-corrected chi connectivity index (χ0v) is 11.3. The van der Waals surface area contributed by atoms with Crippen LogP contribution in [0.5, 0.6) is 0 Å². The van der Waals surface area contributed by atoms with Crippen LogP contribution in [0.1, 0.15) is 23.0 Å². The summed E-state index contributed by atoms with van der Waals surface area (Å²) in [6.45, 7) is 2.51. The zero-order chi connectivity index (χ0) is 14.4. The number of rotatable bonds is 3. The lowest BCUT2D eigenvalue weighted by Gasteiger charge is -2.09. The van der Waals surface area contributed by atoms with Gasteiger partial charge in [0.25, 0.3) is 5.91 Å². The summed E-state index contributed by atoms with van der Waals surface area (Å²) in [4.78, 5) is 12.3. The van der Waals surface area contributed by atoms with Crippen LogP contribution in [0.4, 0.5) is 5.69 Å². The number of para-hydroxylation sites is 1. The maximum Gasteiger partial charge on any atom is 0.272 e. The van der Waals surface area contributed by atoms with Crippen molar-refractivity contribution in [3.63, 3.8) is 0 Å². The number of aromatic nitrogens is 1. The molecule has 0 atom stereocenters. The Morgan fingerprint density at radius 2 is 2.10 bits per heavy atom. The Balaban J connectivity index is 2.24. The number of hydrogen-bond donors (Lipinski definition) is 2. The van der Waals surface area contributed by atoms with Gasteiger partial charge in [-0.1, -0.05) is 24.0 Å². The van der Waals surface area contributed by atoms with Crippen LogP contribution in [0.2, 0.25) is 0 Å². The first-order valence-corrected chi connectivity index (χ1v) is 6.41. The molecule has 2 aromatic rings. The highest BCUT2D eigenvalue weighted by Gasteiger charge is 2.11. The van der Waals surface area contributed by atoms with E-state index in [9.17, 15) is 4.79 Å². The Morgan fingerprint density at radius 1 is 1.30 bits per heavy atom. The van der Waals surface area contributed by atoms with Crippen LogP contribution in [0, 0.1) is 11.8 Å². The molecule has 0 aliphatic heterocycles. The van der Waals surface area contributed by atoms with E-state index in [1.807, 2.05) is 35.9 Å². The van der Waals surface area contributed by atoms with Crippen LogP contribution in [0.3, 0.4) is 0 Å². The SMILES string of the molecule is CCn1cccc1C(=O)Nc1ccccc1C#CCO. The van der Waals surface area contributed by atoms with Gasteiger partial charge in [0.2, 0.25) is 0 Å². The molecule has 0 aliphatic carbocycles.